The summed E-state index contributed by atoms with van der Waals surface area (Å²) in [6.45, 7) is 3.33. The Labute approximate surface area is 109 Å². The third kappa shape index (κ3) is 2.41. The molecule has 1 amide bonds. The SMILES string of the molecule is NC1CC2CCC(C1)N2C(=O)CCN1CCCC1. The van der Waals surface area contributed by atoms with Gasteiger partial charge in [-0.25, -0.2) is 0 Å². The van der Waals surface area contributed by atoms with Gasteiger partial charge in [-0.05, 0) is 51.6 Å². The van der Waals surface area contributed by atoms with Crippen LogP contribution in [0.4, 0.5) is 0 Å². The van der Waals surface area contributed by atoms with E-state index in [9.17, 15) is 4.79 Å². The van der Waals surface area contributed by atoms with Crippen LogP contribution >= 0.6 is 0 Å². The first-order chi connectivity index (χ1) is 8.74. The van der Waals surface area contributed by atoms with E-state index < -0.39 is 0 Å². The second-order valence-corrected chi connectivity index (χ2v) is 6.22. The van der Waals surface area contributed by atoms with E-state index in [0.29, 0.717) is 30.5 Å². The van der Waals surface area contributed by atoms with Gasteiger partial charge in [0.15, 0.2) is 0 Å². The number of carbonyl (C=O) groups is 1. The standard InChI is InChI=1S/C14H25N3O/c15-11-9-12-3-4-13(10-11)17(12)14(18)5-8-16-6-1-2-7-16/h11-13H,1-10,15H2. The third-order valence-corrected chi connectivity index (χ3v) is 4.90. The number of fused-ring (bicyclic) bond motifs is 2. The van der Waals surface area contributed by atoms with Crippen LogP contribution in [0.15, 0.2) is 0 Å². The Balaban J connectivity index is 1.53. The van der Waals surface area contributed by atoms with Crippen LogP contribution in [-0.4, -0.2) is 53.5 Å². The van der Waals surface area contributed by atoms with E-state index in [1.54, 1.807) is 0 Å². The topological polar surface area (TPSA) is 49.6 Å². The zero-order chi connectivity index (χ0) is 12.5. The Morgan fingerprint density at radius 2 is 1.72 bits per heavy atom. The van der Waals surface area contributed by atoms with Crippen LogP contribution in [0.5, 0.6) is 0 Å². The van der Waals surface area contributed by atoms with Crippen LogP contribution in [-0.2, 0) is 4.79 Å². The fourth-order valence-electron chi connectivity index (χ4n) is 4.02. The van der Waals surface area contributed by atoms with Crippen molar-refractivity contribution in [1.82, 2.24) is 9.80 Å². The van der Waals surface area contributed by atoms with Gasteiger partial charge in [0.05, 0.1) is 0 Å². The smallest absolute Gasteiger partial charge is 0.224 e. The Morgan fingerprint density at radius 3 is 2.33 bits per heavy atom. The third-order valence-electron chi connectivity index (χ3n) is 4.90. The van der Waals surface area contributed by atoms with Crippen LogP contribution in [0.1, 0.15) is 44.9 Å². The maximum absolute atomic E-state index is 12.4. The molecular weight excluding hydrogens is 226 g/mol. The highest BCUT2D eigenvalue weighted by atomic mass is 16.2. The molecule has 3 rings (SSSR count). The summed E-state index contributed by atoms with van der Waals surface area (Å²) in [5.41, 5.74) is 6.05. The molecule has 3 aliphatic rings. The number of amides is 1. The van der Waals surface area contributed by atoms with Crippen molar-refractivity contribution in [1.29, 1.82) is 0 Å². The summed E-state index contributed by atoms with van der Waals surface area (Å²) >= 11 is 0. The molecule has 0 aromatic rings. The Hall–Kier alpha value is -0.610. The van der Waals surface area contributed by atoms with Crippen molar-refractivity contribution >= 4 is 5.91 Å². The molecule has 2 atom stereocenters. The zero-order valence-electron chi connectivity index (χ0n) is 11.2. The number of hydrogen-bond acceptors (Lipinski definition) is 3. The molecule has 0 saturated carbocycles. The lowest BCUT2D eigenvalue weighted by Gasteiger charge is -2.38. The molecule has 0 radical (unpaired) electrons. The minimum atomic E-state index is 0.324. The molecule has 2 unspecified atom stereocenters. The van der Waals surface area contributed by atoms with E-state index in [2.05, 4.69) is 9.80 Å². The highest BCUT2D eigenvalue weighted by Crippen LogP contribution is 2.35. The molecule has 0 aliphatic carbocycles. The number of nitrogens with zero attached hydrogens (tertiary/aromatic N) is 2. The summed E-state index contributed by atoms with van der Waals surface area (Å²) in [7, 11) is 0. The molecule has 3 aliphatic heterocycles. The Kier molecular flexibility index (Phi) is 3.57. The zero-order valence-corrected chi connectivity index (χ0v) is 11.2. The normalized spacial score (nSPS) is 36.3. The molecule has 0 spiro atoms. The molecule has 3 heterocycles. The van der Waals surface area contributed by atoms with E-state index >= 15 is 0 Å². The van der Waals surface area contributed by atoms with E-state index in [-0.39, 0.29) is 0 Å². The highest BCUT2D eigenvalue weighted by molar-refractivity contribution is 5.77. The number of piperidine rings is 1. The lowest BCUT2D eigenvalue weighted by atomic mass is 9.98. The first-order valence-electron chi connectivity index (χ1n) is 7.53. The van der Waals surface area contributed by atoms with E-state index in [1.807, 2.05) is 0 Å². The quantitative estimate of drug-likeness (QED) is 0.812. The van der Waals surface area contributed by atoms with Crippen molar-refractivity contribution in [2.45, 2.75) is 63.1 Å². The van der Waals surface area contributed by atoms with Crippen molar-refractivity contribution in [2.24, 2.45) is 5.73 Å². The van der Waals surface area contributed by atoms with Gasteiger partial charge >= 0.3 is 0 Å². The molecule has 0 aromatic carbocycles. The van der Waals surface area contributed by atoms with E-state index in [0.717, 1.165) is 19.4 Å². The number of nitrogens with two attached hydrogens (primary N) is 1. The summed E-state index contributed by atoms with van der Waals surface area (Å²) in [6, 6.07) is 1.22. The van der Waals surface area contributed by atoms with Crippen LogP contribution in [0.25, 0.3) is 0 Å². The summed E-state index contributed by atoms with van der Waals surface area (Å²) in [5.74, 6) is 0.376. The van der Waals surface area contributed by atoms with Gasteiger partial charge < -0.3 is 15.5 Å². The van der Waals surface area contributed by atoms with Crippen LogP contribution in [0.2, 0.25) is 0 Å². The summed E-state index contributed by atoms with van der Waals surface area (Å²) in [4.78, 5) is 17.0. The van der Waals surface area contributed by atoms with Crippen molar-refractivity contribution in [3.63, 3.8) is 0 Å². The van der Waals surface area contributed by atoms with Gasteiger partial charge in [0.1, 0.15) is 0 Å². The van der Waals surface area contributed by atoms with Gasteiger partial charge in [-0.1, -0.05) is 0 Å². The molecule has 3 saturated heterocycles. The van der Waals surface area contributed by atoms with Gasteiger partial charge in [0.2, 0.25) is 5.91 Å². The summed E-state index contributed by atoms with van der Waals surface area (Å²) in [5, 5.41) is 0. The summed E-state index contributed by atoms with van der Waals surface area (Å²) < 4.78 is 0. The maximum atomic E-state index is 12.4. The maximum Gasteiger partial charge on any atom is 0.224 e. The molecule has 4 nitrogen and oxygen atoms in total. The number of hydrogen-bond donors (Lipinski definition) is 1. The predicted molar refractivity (Wildman–Crippen MR) is 71.2 cm³/mol. The van der Waals surface area contributed by atoms with E-state index in [4.69, 9.17) is 5.73 Å². The second-order valence-electron chi connectivity index (χ2n) is 6.22. The Bertz CT molecular complexity index is 300. The van der Waals surface area contributed by atoms with Gasteiger partial charge in [0, 0.05) is 31.1 Å². The number of rotatable bonds is 3. The van der Waals surface area contributed by atoms with Crippen molar-refractivity contribution < 1.29 is 4.79 Å². The predicted octanol–water partition coefficient (Wildman–Crippen LogP) is 0.953. The lowest BCUT2D eigenvalue weighted by molar-refractivity contribution is -0.136. The van der Waals surface area contributed by atoms with Crippen molar-refractivity contribution in [3.8, 4) is 0 Å². The molecular formula is C14H25N3O. The lowest BCUT2D eigenvalue weighted by Crippen LogP contribution is -2.50. The van der Waals surface area contributed by atoms with Crippen LogP contribution < -0.4 is 5.73 Å². The monoisotopic (exact) mass is 251 g/mol. The average molecular weight is 251 g/mol. The minimum Gasteiger partial charge on any atom is -0.337 e. The van der Waals surface area contributed by atoms with Gasteiger partial charge in [0.25, 0.3) is 0 Å². The first-order valence-corrected chi connectivity index (χ1v) is 7.53. The van der Waals surface area contributed by atoms with Crippen molar-refractivity contribution in [3.05, 3.63) is 0 Å². The first kappa shape index (κ1) is 12.4. The van der Waals surface area contributed by atoms with Crippen LogP contribution in [0.3, 0.4) is 0 Å². The van der Waals surface area contributed by atoms with E-state index in [1.165, 1.54) is 38.8 Å². The Morgan fingerprint density at radius 1 is 1.11 bits per heavy atom. The average Bonchev–Trinajstić information content (AvgIpc) is 2.94. The van der Waals surface area contributed by atoms with Crippen LogP contribution in [0, 0.1) is 0 Å². The molecule has 3 fully saturated rings. The van der Waals surface area contributed by atoms with Gasteiger partial charge in [-0.15, -0.1) is 0 Å². The summed E-state index contributed by atoms with van der Waals surface area (Å²) in [6.07, 6.45) is 7.71. The molecule has 18 heavy (non-hydrogen) atoms. The fourth-order valence-corrected chi connectivity index (χ4v) is 4.02. The number of carbonyl (C=O) groups excluding carboxylic acids is 1. The van der Waals surface area contributed by atoms with Gasteiger partial charge in [-0.2, -0.15) is 0 Å². The molecule has 0 aromatic heterocycles. The minimum absolute atomic E-state index is 0.324. The molecule has 2 bridgehead atoms. The van der Waals surface area contributed by atoms with Gasteiger partial charge in [-0.3, -0.25) is 4.79 Å². The highest BCUT2D eigenvalue weighted by Gasteiger charge is 2.41. The number of likely N-dealkylation sites (tertiary alicyclic amines) is 1. The fraction of sp³-hybridized carbons (Fsp3) is 0.929. The molecule has 102 valence electrons. The molecule has 4 heteroatoms. The second kappa shape index (κ2) is 5.17. The largest absolute Gasteiger partial charge is 0.337 e. The molecule has 2 N–H and O–H groups in total. The van der Waals surface area contributed by atoms with Crippen molar-refractivity contribution in [2.75, 3.05) is 19.6 Å².